The Balaban J connectivity index is 2.50. The second-order valence-electron chi connectivity index (χ2n) is 6.60. The lowest BCUT2D eigenvalue weighted by molar-refractivity contribution is 0.150. The molecule has 0 aromatic carbocycles. The van der Waals surface area contributed by atoms with Crippen molar-refractivity contribution in [1.29, 1.82) is 0 Å². The molecule has 4 unspecified atom stereocenters. The molecule has 1 heteroatoms. The highest BCUT2D eigenvalue weighted by molar-refractivity contribution is 4.85. The van der Waals surface area contributed by atoms with E-state index in [1.807, 2.05) is 0 Å². The lowest BCUT2D eigenvalue weighted by Crippen LogP contribution is -2.40. The normalized spacial score (nSPS) is 31.8. The zero-order valence-corrected chi connectivity index (χ0v) is 12.6. The summed E-state index contributed by atoms with van der Waals surface area (Å²) in [6.07, 6.45) is 8.45. The van der Waals surface area contributed by atoms with Gasteiger partial charge in [-0.05, 0) is 56.4 Å². The van der Waals surface area contributed by atoms with Crippen molar-refractivity contribution in [3.05, 3.63) is 0 Å². The molecule has 0 amide bonds. The third kappa shape index (κ3) is 4.62. The molecule has 1 rings (SSSR count). The standard InChI is InChI=1S/C16H33N/c1-6-7-13(4)10-15-11-14(12(2)3)8-9-16(15)17-5/h12-17H,6-11H2,1-5H3. The maximum atomic E-state index is 3.56. The Morgan fingerprint density at radius 1 is 1.18 bits per heavy atom. The van der Waals surface area contributed by atoms with Gasteiger partial charge in [0.2, 0.25) is 0 Å². The summed E-state index contributed by atoms with van der Waals surface area (Å²) in [7, 11) is 2.15. The molecular formula is C16H33N. The van der Waals surface area contributed by atoms with Gasteiger partial charge in [0, 0.05) is 6.04 Å². The lowest BCUT2D eigenvalue weighted by Gasteiger charge is -2.39. The predicted octanol–water partition coefficient (Wildman–Crippen LogP) is 4.47. The molecule has 17 heavy (non-hydrogen) atoms. The summed E-state index contributed by atoms with van der Waals surface area (Å²) >= 11 is 0. The summed E-state index contributed by atoms with van der Waals surface area (Å²) in [4.78, 5) is 0. The quantitative estimate of drug-likeness (QED) is 0.721. The minimum atomic E-state index is 0.782. The van der Waals surface area contributed by atoms with Gasteiger partial charge in [-0.15, -0.1) is 0 Å². The minimum Gasteiger partial charge on any atom is -0.317 e. The van der Waals surface area contributed by atoms with E-state index in [4.69, 9.17) is 0 Å². The summed E-state index contributed by atoms with van der Waals surface area (Å²) in [6, 6.07) is 0.782. The van der Waals surface area contributed by atoms with Crippen LogP contribution in [0.25, 0.3) is 0 Å². The minimum absolute atomic E-state index is 0.782. The molecular weight excluding hydrogens is 206 g/mol. The van der Waals surface area contributed by atoms with Gasteiger partial charge in [-0.1, -0.05) is 40.5 Å². The highest BCUT2D eigenvalue weighted by Crippen LogP contribution is 2.37. The molecule has 0 heterocycles. The first-order valence-electron chi connectivity index (χ1n) is 7.75. The van der Waals surface area contributed by atoms with E-state index in [-0.39, 0.29) is 0 Å². The third-order valence-corrected chi connectivity index (χ3v) is 4.82. The first-order valence-corrected chi connectivity index (χ1v) is 7.75. The Bertz CT molecular complexity index is 200. The molecule has 1 fully saturated rings. The van der Waals surface area contributed by atoms with Crippen LogP contribution in [0.3, 0.4) is 0 Å². The number of hydrogen-bond donors (Lipinski definition) is 1. The third-order valence-electron chi connectivity index (χ3n) is 4.82. The van der Waals surface area contributed by atoms with E-state index in [2.05, 4.69) is 40.1 Å². The summed E-state index contributed by atoms with van der Waals surface area (Å²) in [6.45, 7) is 9.55. The van der Waals surface area contributed by atoms with Crippen molar-refractivity contribution in [2.24, 2.45) is 23.7 Å². The average Bonchev–Trinajstić information content (AvgIpc) is 2.29. The van der Waals surface area contributed by atoms with Crippen molar-refractivity contribution in [2.45, 2.75) is 72.3 Å². The SMILES string of the molecule is CCCC(C)CC1CC(C(C)C)CCC1NC. The van der Waals surface area contributed by atoms with E-state index in [9.17, 15) is 0 Å². The van der Waals surface area contributed by atoms with Crippen LogP contribution in [0, 0.1) is 23.7 Å². The van der Waals surface area contributed by atoms with Crippen molar-refractivity contribution in [1.82, 2.24) is 5.32 Å². The molecule has 4 atom stereocenters. The Morgan fingerprint density at radius 2 is 1.88 bits per heavy atom. The van der Waals surface area contributed by atoms with Gasteiger partial charge in [-0.3, -0.25) is 0 Å². The summed E-state index contributed by atoms with van der Waals surface area (Å²) < 4.78 is 0. The molecule has 0 bridgehead atoms. The van der Waals surface area contributed by atoms with Gasteiger partial charge < -0.3 is 5.32 Å². The second-order valence-corrected chi connectivity index (χ2v) is 6.60. The van der Waals surface area contributed by atoms with Crippen LogP contribution in [0.1, 0.15) is 66.2 Å². The maximum Gasteiger partial charge on any atom is 0.00926 e. The maximum absolute atomic E-state index is 3.56. The monoisotopic (exact) mass is 239 g/mol. The molecule has 0 aliphatic heterocycles. The van der Waals surface area contributed by atoms with E-state index < -0.39 is 0 Å². The predicted molar refractivity (Wildman–Crippen MR) is 77.2 cm³/mol. The molecule has 1 N–H and O–H groups in total. The van der Waals surface area contributed by atoms with Crippen LogP contribution in [-0.2, 0) is 0 Å². The van der Waals surface area contributed by atoms with Gasteiger partial charge in [0.15, 0.2) is 0 Å². The van der Waals surface area contributed by atoms with Crippen LogP contribution in [0.15, 0.2) is 0 Å². The van der Waals surface area contributed by atoms with Gasteiger partial charge in [-0.25, -0.2) is 0 Å². The van der Waals surface area contributed by atoms with Gasteiger partial charge in [-0.2, -0.15) is 0 Å². The van der Waals surface area contributed by atoms with Crippen LogP contribution in [0.5, 0.6) is 0 Å². The topological polar surface area (TPSA) is 12.0 Å². The Morgan fingerprint density at radius 3 is 2.41 bits per heavy atom. The van der Waals surface area contributed by atoms with Crippen LogP contribution >= 0.6 is 0 Å². The summed E-state index contributed by atoms with van der Waals surface area (Å²) in [5, 5.41) is 3.56. The summed E-state index contributed by atoms with van der Waals surface area (Å²) in [5.41, 5.74) is 0. The Labute approximate surface area is 109 Å². The van der Waals surface area contributed by atoms with E-state index >= 15 is 0 Å². The van der Waals surface area contributed by atoms with E-state index in [0.717, 1.165) is 29.7 Å². The van der Waals surface area contributed by atoms with E-state index in [0.29, 0.717) is 0 Å². The molecule has 102 valence electrons. The number of hydrogen-bond acceptors (Lipinski definition) is 1. The largest absolute Gasteiger partial charge is 0.317 e. The van der Waals surface area contributed by atoms with Crippen molar-refractivity contribution in [3.8, 4) is 0 Å². The second kappa shape index (κ2) is 7.41. The molecule has 1 saturated carbocycles. The molecule has 0 aromatic rings. The first-order chi connectivity index (χ1) is 8.08. The van der Waals surface area contributed by atoms with Crippen LogP contribution in [-0.4, -0.2) is 13.1 Å². The molecule has 0 radical (unpaired) electrons. The smallest absolute Gasteiger partial charge is 0.00926 e. The van der Waals surface area contributed by atoms with Gasteiger partial charge in [0.05, 0.1) is 0 Å². The van der Waals surface area contributed by atoms with Crippen molar-refractivity contribution >= 4 is 0 Å². The lowest BCUT2D eigenvalue weighted by atomic mass is 9.71. The van der Waals surface area contributed by atoms with Gasteiger partial charge in [0.1, 0.15) is 0 Å². The average molecular weight is 239 g/mol. The fraction of sp³-hybridized carbons (Fsp3) is 1.00. The fourth-order valence-electron chi connectivity index (χ4n) is 3.67. The fourth-order valence-corrected chi connectivity index (χ4v) is 3.67. The molecule has 0 aromatic heterocycles. The first kappa shape index (κ1) is 15.0. The van der Waals surface area contributed by atoms with E-state index in [1.54, 1.807) is 0 Å². The van der Waals surface area contributed by atoms with Gasteiger partial charge in [0.25, 0.3) is 0 Å². The molecule has 0 saturated heterocycles. The molecule has 1 aliphatic rings. The highest BCUT2D eigenvalue weighted by Gasteiger charge is 2.31. The Hall–Kier alpha value is -0.0400. The number of rotatable bonds is 6. The van der Waals surface area contributed by atoms with E-state index in [1.165, 1.54) is 38.5 Å². The molecule has 1 nitrogen and oxygen atoms in total. The zero-order chi connectivity index (χ0) is 12.8. The number of nitrogens with one attached hydrogen (secondary N) is 1. The van der Waals surface area contributed by atoms with Crippen molar-refractivity contribution in [3.63, 3.8) is 0 Å². The van der Waals surface area contributed by atoms with Crippen LogP contribution < -0.4 is 5.32 Å². The van der Waals surface area contributed by atoms with Gasteiger partial charge >= 0.3 is 0 Å². The Kier molecular flexibility index (Phi) is 6.54. The molecule has 0 spiro atoms. The van der Waals surface area contributed by atoms with Crippen molar-refractivity contribution in [2.75, 3.05) is 7.05 Å². The zero-order valence-electron chi connectivity index (χ0n) is 12.6. The molecule has 1 aliphatic carbocycles. The summed E-state index contributed by atoms with van der Waals surface area (Å²) in [5.74, 6) is 3.67. The van der Waals surface area contributed by atoms with Crippen LogP contribution in [0.4, 0.5) is 0 Å². The highest BCUT2D eigenvalue weighted by atomic mass is 14.9. The van der Waals surface area contributed by atoms with Crippen LogP contribution in [0.2, 0.25) is 0 Å². The van der Waals surface area contributed by atoms with Crippen molar-refractivity contribution < 1.29 is 0 Å².